The van der Waals surface area contributed by atoms with Crippen molar-refractivity contribution in [3.05, 3.63) is 0 Å². The van der Waals surface area contributed by atoms with Crippen LogP contribution in [0.3, 0.4) is 0 Å². The summed E-state index contributed by atoms with van der Waals surface area (Å²) in [7, 11) is 1.71. The molecule has 0 atom stereocenters. The summed E-state index contributed by atoms with van der Waals surface area (Å²) in [5, 5.41) is 3.39. The quantitative estimate of drug-likeness (QED) is 0.452. The average molecular weight is 252 g/mol. The molecule has 0 aliphatic rings. The highest BCUT2D eigenvalue weighted by Gasteiger charge is 2.15. The second-order valence-electron chi connectivity index (χ2n) is 4.74. The van der Waals surface area contributed by atoms with Gasteiger partial charge in [-0.1, -0.05) is 13.8 Å². The highest BCUT2D eigenvalue weighted by molar-refractivity contribution is 6.17. The molecule has 0 aromatic heterocycles. The molecule has 0 aromatic rings. The van der Waals surface area contributed by atoms with Gasteiger partial charge in [0.1, 0.15) is 0 Å². The number of hydrogen-bond donors (Lipinski definition) is 1. The van der Waals surface area contributed by atoms with Crippen molar-refractivity contribution in [3.8, 4) is 0 Å². The summed E-state index contributed by atoms with van der Waals surface area (Å²) in [4.78, 5) is 0. The average Bonchev–Trinajstić information content (AvgIpc) is 2.22. The number of halogens is 1. The van der Waals surface area contributed by atoms with Crippen LogP contribution in [0.5, 0.6) is 0 Å². The zero-order valence-electron chi connectivity index (χ0n) is 10.9. The summed E-state index contributed by atoms with van der Waals surface area (Å²) < 4.78 is 10.4. The third-order valence-corrected chi connectivity index (χ3v) is 2.62. The second-order valence-corrected chi connectivity index (χ2v) is 5.12. The number of ether oxygens (including phenoxy) is 2. The Morgan fingerprint density at radius 3 is 2.56 bits per heavy atom. The summed E-state index contributed by atoms with van der Waals surface area (Å²) in [5.41, 5.74) is 0.276. The van der Waals surface area contributed by atoms with Gasteiger partial charge in [-0.05, 0) is 18.3 Å². The Bertz CT molecular complexity index is 154. The number of alkyl halides is 1. The predicted molar refractivity (Wildman–Crippen MR) is 69.3 cm³/mol. The van der Waals surface area contributed by atoms with E-state index in [2.05, 4.69) is 19.2 Å². The maximum atomic E-state index is 5.73. The van der Waals surface area contributed by atoms with Crippen molar-refractivity contribution >= 4 is 11.6 Å². The van der Waals surface area contributed by atoms with Gasteiger partial charge in [-0.25, -0.2) is 0 Å². The molecule has 0 fully saturated rings. The number of hydrogen-bond acceptors (Lipinski definition) is 3. The molecule has 0 radical (unpaired) electrons. The molecule has 0 aliphatic carbocycles. The van der Waals surface area contributed by atoms with E-state index in [4.69, 9.17) is 21.1 Å². The van der Waals surface area contributed by atoms with Crippen LogP contribution in [0.25, 0.3) is 0 Å². The van der Waals surface area contributed by atoms with Crippen molar-refractivity contribution in [2.24, 2.45) is 5.41 Å². The maximum Gasteiger partial charge on any atom is 0.0590 e. The van der Waals surface area contributed by atoms with E-state index in [1.54, 1.807) is 7.11 Å². The molecule has 1 N–H and O–H groups in total. The molecule has 0 aromatic carbocycles. The van der Waals surface area contributed by atoms with Crippen LogP contribution in [0.2, 0.25) is 0 Å². The third-order valence-electron chi connectivity index (χ3n) is 2.44. The highest BCUT2D eigenvalue weighted by Crippen LogP contribution is 2.19. The molecule has 0 saturated heterocycles. The van der Waals surface area contributed by atoms with Crippen molar-refractivity contribution in [3.63, 3.8) is 0 Å². The Balaban J connectivity index is 3.20. The zero-order chi connectivity index (χ0) is 12.3. The first-order chi connectivity index (χ1) is 7.62. The van der Waals surface area contributed by atoms with Crippen LogP contribution in [0.1, 0.15) is 26.7 Å². The van der Waals surface area contributed by atoms with Crippen LogP contribution in [0.4, 0.5) is 0 Å². The SMILES string of the molecule is COCCCOCCNCC(C)(C)CCCl. The van der Waals surface area contributed by atoms with Crippen LogP contribution in [-0.4, -0.2) is 45.9 Å². The molecule has 4 heteroatoms. The smallest absolute Gasteiger partial charge is 0.0590 e. The van der Waals surface area contributed by atoms with Crippen LogP contribution in [0, 0.1) is 5.41 Å². The fourth-order valence-corrected chi connectivity index (χ4v) is 1.83. The monoisotopic (exact) mass is 251 g/mol. The number of nitrogens with one attached hydrogen (secondary N) is 1. The number of methoxy groups -OCH3 is 1. The summed E-state index contributed by atoms with van der Waals surface area (Å²) in [6.07, 6.45) is 2.00. The largest absolute Gasteiger partial charge is 0.385 e. The lowest BCUT2D eigenvalue weighted by molar-refractivity contribution is 0.103. The molecular weight excluding hydrogens is 226 g/mol. The van der Waals surface area contributed by atoms with Gasteiger partial charge in [0.05, 0.1) is 6.61 Å². The molecule has 16 heavy (non-hydrogen) atoms. The van der Waals surface area contributed by atoms with Gasteiger partial charge < -0.3 is 14.8 Å². The molecule has 0 spiro atoms. The maximum absolute atomic E-state index is 5.73. The van der Waals surface area contributed by atoms with Crippen LogP contribution < -0.4 is 5.32 Å². The predicted octanol–water partition coefficient (Wildman–Crippen LogP) is 2.28. The Morgan fingerprint density at radius 2 is 1.94 bits per heavy atom. The van der Waals surface area contributed by atoms with E-state index < -0.39 is 0 Å². The summed E-state index contributed by atoms with van der Waals surface area (Å²) in [5.74, 6) is 0.724. The lowest BCUT2D eigenvalue weighted by Crippen LogP contribution is -2.32. The van der Waals surface area contributed by atoms with Gasteiger partial charge in [0.25, 0.3) is 0 Å². The standard InChI is InChI=1S/C12H26ClNO2/c1-12(2,5-6-13)11-14-7-10-16-9-4-8-15-3/h14H,4-11H2,1-3H3. The molecule has 0 unspecified atom stereocenters. The minimum absolute atomic E-state index is 0.276. The van der Waals surface area contributed by atoms with Crippen molar-refractivity contribution in [2.75, 3.05) is 45.9 Å². The first-order valence-corrected chi connectivity index (χ1v) is 6.49. The topological polar surface area (TPSA) is 30.5 Å². The molecule has 3 nitrogen and oxygen atoms in total. The molecule has 0 rings (SSSR count). The molecular formula is C12H26ClNO2. The second kappa shape index (κ2) is 10.3. The van der Waals surface area contributed by atoms with Gasteiger partial charge in [0, 0.05) is 39.3 Å². The van der Waals surface area contributed by atoms with Crippen LogP contribution in [-0.2, 0) is 9.47 Å². The summed E-state index contributed by atoms with van der Waals surface area (Å²) >= 11 is 5.73. The van der Waals surface area contributed by atoms with E-state index in [-0.39, 0.29) is 5.41 Å². The Hall–Kier alpha value is 0.170. The third kappa shape index (κ3) is 10.7. The van der Waals surface area contributed by atoms with E-state index >= 15 is 0 Å². The van der Waals surface area contributed by atoms with Gasteiger partial charge in [-0.15, -0.1) is 11.6 Å². The van der Waals surface area contributed by atoms with Gasteiger partial charge in [-0.3, -0.25) is 0 Å². The van der Waals surface area contributed by atoms with E-state index in [9.17, 15) is 0 Å². The molecule has 98 valence electrons. The van der Waals surface area contributed by atoms with Gasteiger partial charge in [-0.2, -0.15) is 0 Å². The first kappa shape index (κ1) is 16.2. The van der Waals surface area contributed by atoms with Crippen LogP contribution >= 0.6 is 11.6 Å². The fourth-order valence-electron chi connectivity index (χ4n) is 1.32. The minimum Gasteiger partial charge on any atom is -0.385 e. The Labute approximate surface area is 105 Å². The van der Waals surface area contributed by atoms with Gasteiger partial charge >= 0.3 is 0 Å². The molecule has 0 amide bonds. The molecule has 0 bridgehead atoms. The summed E-state index contributed by atoms with van der Waals surface area (Å²) in [6, 6.07) is 0. The van der Waals surface area contributed by atoms with E-state index in [0.717, 1.165) is 51.6 Å². The Morgan fingerprint density at radius 1 is 1.19 bits per heavy atom. The van der Waals surface area contributed by atoms with Crippen molar-refractivity contribution in [1.29, 1.82) is 0 Å². The first-order valence-electron chi connectivity index (χ1n) is 5.96. The fraction of sp³-hybridized carbons (Fsp3) is 1.00. The van der Waals surface area contributed by atoms with Crippen molar-refractivity contribution in [2.45, 2.75) is 26.7 Å². The van der Waals surface area contributed by atoms with E-state index in [1.807, 2.05) is 0 Å². The molecule has 0 heterocycles. The van der Waals surface area contributed by atoms with Gasteiger partial charge in [0.15, 0.2) is 0 Å². The lowest BCUT2D eigenvalue weighted by Gasteiger charge is -2.23. The van der Waals surface area contributed by atoms with E-state index in [0.29, 0.717) is 0 Å². The Kier molecular flexibility index (Phi) is 10.4. The minimum atomic E-state index is 0.276. The zero-order valence-corrected chi connectivity index (χ0v) is 11.6. The molecule has 0 aliphatic heterocycles. The van der Waals surface area contributed by atoms with Crippen molar-refractivity contribution in [1.82, 2.24) is 5.32 Å². The van der Waals surface area contributed by atoms with E-state index in [1.165, 1.54) is 0 Å². The highest BCUT2D eigenvalue weighted by atomic mass is 35.5. The summed E-state index contributed by atoms with van der Waals surface area (Å²) in [6.45, 7) is 8.65. The lowest BCUT2D eigenvalue weighted by atomic mass is 9.90. The van der Waals surface area contributed by atoms with Gasteiger partial charge in [0.2, 0.25) is 0 Å². The number of rotatable bonds is 11. The molecule has 0 saturated carbocycles. The normalized spacial score (nSPS) is 12.0. The van der Waals surface area contributed by atoms with Crippen LogP contribution in [0.15, 0.2) is 0 Å². The van der Waals surface area contributed by atoms with Crippen molar-refractivity contribution < 1.29 is 9.47 Å².